The van der Waals surface area contributed by atoms with Crippen molar-refractivity contribution < 1.29 is 27.5 Å². The van der Waals surface area contributed by atoms with Crippen molar-refractivity contribution in [3.8, 4) is 17.0 Å². The van der Waals surface area contributed by atoms with Crippen molar-refractivity contribution in [1.82, 2.24) is 15.1 Å². The molecule has 1 amide bonds. The van der Waals surface area contributed by atoms with Gasteiger partial charge in [-0.15, -0.1) is 0 Å². The van der Waals surface area contributed by atoms with Crippen molar-refractivity contribution in [2.45, 2.75) is 23.9 Å². The van der Waals surface area contributed by atoms with E-state index in [0.717, 1.165) is 71.8 Å². The van der Waals surface area contributed by atoms with E-state index in [-0.39, 0.29) is 11.8 Å². The lowest BCUT2D eigenvalue weighted by Crippen LogP contribution is -2.44. The van der Waals surface area contributed by atoms with E-state index in [2.05, 4.69) is 69.5 Å². The van der Waals surface area contributed by atoms with Crippen LogP contribution in [-0.4, -0.2) is 80.9 Å². The summed E-state index contributed by atoms with van der Waals surface area (Å²) in [6.07, 6.45) is -4.89. The van der Waals surface area contributed by atoms with Gasteiger partial charge in [-0.25, -0.2) is 0 Å². The van der Waals surface area contributed by atoms with Gasteiger partial charge in [0.15, 0.2) is 0 Å². The molecule has 1 spiro atoms. The lowest BCUT2D eigenvalue weighted by molar-refractivity contribution is -0.156. The fraction of sp³-hybridized carbons (Fsp3) is 0.344. The van der Waals surface area contributed by atoms with Crippen LogP contribution in [0.2, 0.25) is 0 Å². The number of aromatic nitrogens is 2. The zero-order valence-electron chi connectivity index (χ0n) is 24.1. The zero-order chi connectivity index (χ0) is 30.5. The first-order chi connectivity index (χ1) is 20.6. The summed E-state index contributed by atoms with van der Waals surface area (Å²) >= 11 is 0. The second kappa shape index (κ2) is 10.7. The first kappa shape index (κ1) is 28.7. The Bertz CT molecular complexity index is 1680. The van der Waals surface area contributed by atoms with Crippen LogP contribution < -0.4 is 14.5 Å². The average molecular weight is 592 g/mol. The van der Waals surface area contributed by atoms with Gasteiger partial charge in [-0.05, 0) is 61.0 Å². The number of aromatic amines is 1. The predicted molar refractivity (Wildman–Crippen MR) is 159 cm³/mol. The zero-order valence-corrected chi connectivity index (χ0v) is 24.1. The maximum Gasteiger partial charge on any atom is 0.446 e. The molecule has 2 fully saturated rings. The first-order valence-electron chi connectivity index (χ1n) is 14.1. The number of halogens is 3. The molecule has 224 valence electrons. The lowest BCUT2D eigenvalue weighted by Gasteiger charge is -2.34. The van der Waals surface area contributed by atoms with Gasteiger partial charge in [0.05, 0.1) is 23.7 Å². The van der Waals surface area contributed by atoms with Crippen molar-refractivity contribution in [3.63, 3.8) is 0 Å². The fourth-order valence-corrected chi connectivity index (χ4v) is 6.38. The normalized spacial score (nSPS) is 21.5. The van der Waals surface area contributed by atoms with Crippen LogP contribution in [0.5, 0.6) is 5.75 Å². The molecule has 3 heterocycles. The lowest BCUT2D eigenvalue weighted by atomic mass is 9.91. The van der Waals surface area contributed by atoms with E-state index in [1.54, 1.807) is 12.0 Å². The number of likely N-dealkylation sites (N-methyl/N-ethyl adjacent to an activating group) is 2. The number of alkyl halides is 3. The van der Waals surface area contributed by atoms with Crippen molar-refractivity contribution >= 4 is 34.5 Å². The van der Waals surface area contributed by atoms with E-state index in [0.29, 0.717) is 0 Å². The fourth-order valence-electron chi connectivity index (χ4n) is 6.38. The molecule has 0 bridgehead atoms. The van der Waals surface area contributed by atoms with E-state index < -0.39 is 17.9 Å². The molecule has 2 atom stereocenters. The van der Waals surface area contributed by atoms with Crippen molar-refractivity contribution in [1.29, 1.82) is 0 Å². The Hall–Kier alpha value is -4.38. The molecule has 1 saturated heterocycles. The summed E-state index contributed by atoms with van der Waals surface area (Å²) in [5.74, 6) is 1.11. The molecule has 2 aliphatic heterocycles. The van der Waals surface area contributed by atoms with Gasteiger partial charge in [-0.1, -0.05) is 24.3 Å². The number of nitrogens with one attached hydrogen (secondary N) is 1. The van der Waals surface area contributed by atoms with Gasteiger partial charge in [0.2, 0.25) is 12.2 Å². The van der Waals surface area contributed by atoms with Gasteiger partial charge in [-0.3, -0.25) is 14.7 Å². The number of amides is 1. The van der Waals surface area contributed by atoms with Gasteiger partial charge in [-0.2, -0.15) is 18.3 Å². The molecule has 1 saturated carbocycles. The summed E-state index contributed by atoms with van der Waals surface area (Å²) in [6.45, 7) is 4.30. The third-order valence-corrected chi connectivity index (χ3v) is 8.82. The highest BCUT2D eigenvalue weighted by Crippen LogP contribution is 2.66. The average Bonchev–Trinajstić information content (AvgIpc) is 3.58. The highest BCUT2D eigenvalue weighted by atomic mass is 19.4. The van der Waals surface area contributed by atoms with Crippen molar-refractivity contribution in [3.05, 3.63) is 71.8 Å². The number of benzene rings is 3. The molecule has 11 heteroatoms. The molecule has 7 rings (SSSR count). The summed E-state index contributed by atoms with van der Waals surface area (Å²) in [4.78, 5) is 28.7. The Labute approximate surface area is 247 Å². The number of carbonyl (C=O) groups is 2. The molecule has 0 radical (unpaired) electrons. The molecule has 3 aliphatic rings. The van der Waals surface area contributed by atoms with E-state index >= 15 is 0 Å². The monoisotopic (exact) mass is 591 g/mol. The Kier molecular flexibility index (Phi) is 7.16. The second-order valence-electron chi connectivity index (χ2n) is 11.3. The van der Waals surface area contributed by atoms with E-state index in [9.17, 15) is 18.0 Å². The van der Waals surface area contributed by atoms with Crippen molar-refractivity contribution in [2.75, 3.05) is 57.2 Å². The number of rotatable bonds is 4. The first-order valence-corrected chi connectivity index (χ1v) is 14.1. The van der Waals surface area contributed by atoms with Gasteiger partial charge < -0.3 is 19.4 Å². The van der Waals surface area contributed by atoms with Crippen molar-refractivity contribution in [2.24, 2.45) is 0 Å². The van der Waals surface area contributed by atoms with Crippen LogP contribution in [0.1, 0.15) is 23.5 Å². The van der Waals surface area contributed by atoms with Crippen LogP contribution in [0.15, 0.2) is 60.7 Å². The molecule has 0 unspecified atom stereocenters. The number of hydrogen-bond acceptors (Lipinski definition) is 6. The predicted octanol–water partition coefficient (Wildman–Crippen LogP) is 5.14. The summed E-state index contributed by atoms with van der Waals surface area (Å²) in [7, 11) is 5.72. The van der Waals surface area contributed by atoms with E-state index in [4.69, 9.17) is 9.53 Å². The van der Waals surface area contributed by atoms with E-state index in [1.807, 2.05) is 25.2 Å². The van der Waals surface area contributed by atoms with Crippen LogP contribution in [0.4, 0.5) is 24.5 Å². The summed E-state index contributed by atoms with van der Waals surface area (Å²) in [5.41, 5.74) is 7.08. The maximum atomic E-state index is 13.4. The molecule has 8 nitrogen and oxygen atoms in total. The number of H-pyrrole nitrogens is 1. The molecule has 1 N–H and O–H groups in total. The molecule has 1 aromatic heterocycles. The SMILES string of the molecule is COc1ccc2c(c1)[C@]1(C[C@H]1c1ccc3c(-c4ccc(N5CCN(C)CC5)cc4)n[nH]c3c1)C(=O)N2C.O=CC(F)(F)F. The second-order valence-corrected chi connectivity index (χ2v) is 11.3. The Morgan fingerprint density at radius 3 is 2.35 bits per heavy atom. The number of fused-ring (bicyclic) bond motifs is 3. The highest BCUT2D eigenvalue weighted by Gasteiger charge is 2.66. The minimum absolute atomic E-state index is 0.148. The topological polar surface area (TPSA) is 81.8 Å². The third kappa shape index (κ3) is 5.11. The summed E-state index contributed by atoms with van der Waals surface area (Å²) < 4.78 is 36.7. The molecular formula is C32H32F3N5O3. The Morgan fingerprint density at radius 2 is 1.70 bits per heavy atom. The van der Waals surface area contributed by atoms with Crippen LogP contribution in [-0.2, 0) is 15.0 Å². The van der Waals surface area contributed by atoms with Gasteiger partial charge in [0.1, 0.15) is 5.75 Å². The third-order valence-electron chi connectivity index (χ3n) is 8.82. The standard InChI is InChI=1S/C30H31N5O2.C2HF3O/c1-33-12-14-35(15-13-33)21-7-4-19(5-8-21)28-23-10-6-20(16-26(23)31-32-28)25-18-30(25)24-17-22(37-3)9-11-27(24)34(2)29(30)36;3-2(4,5)1-6/h4-11,16-17,25H,12-15,18H2,1-3H3,(H,31,32);1H/t25-,30-;/m0./s1. The van der Waals surface area contributed by atoms with Crippen LogP contribution >= 0.6 is 0 Å². The van der Waals surface area contributed by atoms with Crippen LogP contribution in [0.3, 0.4) is 0 Å². The number of anilines is 2. The van der Waals surface area contributed by atoms with E-state index in [1.165, 1.54) is 11.3 Å². The minimum atomic E-state index is -4.64. The number of hydrogen-bond donors (Lipinski definition) is 1. The quantitative estimate of drug-likeness (QED) is 0.331. The number of nitrogens with zero attached hydrogens (tertiary/aromatic N) is 4. The Morgan fingerprint density at radius 1 is 1.00 bits per heavy atom. The summed E-state index contributed by atoms with van der Waals surface area (Å²) in [6, 6.07) is 21.2. The number of methoxy groups -OCH3 is 1. The Balaban J connectivity index is 0.000000501. The largest absolute Gasteiger partial charge is 0.497 e. The number of piperazine rings is 1. The molecule has 1 aliphatic carbocycles. The van der Waals surface area contributed by atoms with Crippen LogP contribution in [0, 0.1) is 0 Å². The molecule has 4 aromatic rings. The van der Waals surface area contributed by atoms with Crippen LogP contribution in [0.25, 0.3) is 22.2 Å². The minimum Gasteiger partial charge on any atom is -0.497 e. The molecule has 43 heavy (non-hydrogen) atoms. The van der Waals surface area contributed by atoms with Gasteiger partial charge in [0.25, 0.3) is 0 Å². The molecule has 3 aromatic carbocycles. The molecular weight excluding hydrogens is 559 g/mol. The number of carbonyl (C=O) groups excluding carboxylic acids is 2. The summed E-state index contributed by atoms with van der Waals surface area (Å²) in [5, 5.41) is 9.02. The maximum absolute atomic E-state index is 13.4. The van der Waals surface area contributed by atoms with Gasteiger partial charge >= 0.3 is 6.18 Å². The number of aldehydes is 1. The smallest absolute Gasteiger partial charge is 0.446 e. The van der Waals surface area contributed by atoms with Gasteiger partial charge in [0, 0.05) is 61.5 Å². The highest BCUT2D eigenvalue weighted by molar-refractivity contribution is 6.11. The number of ether oxygens (including phenoxy) is 1.